The minimum Gasteiger partial charge on any atom is -0.338 e. The van der Waals surface area contributed by atoms with E-state index in [1.54, 1.807) is 0 Å². The lowest BCUT2D eigenvalue weighted by Gasteiger charge is -2.37. The lowest BCUT2D eigenvalue weighted by molar-refractivity contribution is 0.109. The molecule has 1 saturated heterocycles. The van der Waals surface area contributed by atoms with Crippen LogP contribution in [0, 0.1) is 5.92 Å². The van der Waals surface area contributed by atoms with Crippen LogP contribution in [-0.4, -0.2) is 33.7 Å². The molecule has 2 unspecified atom stereocenters. The molecule has 0 spiro atoms. The molecule has 0 bridgehead atoms. The van der Waals surface area contributed by atoms with Gasteiger partial charge in [-0.2, -0.15) is 4.98 Å². The van der Waals surface area contributed by atoms with E-state index in [9.17, 15) is 0 Å². The fraction of sp³-hybridized carbons (Fsp3) is 0.857. The highest BCUT2D eigenvalue weighted by atomic mass is 16.5. The van der Waals surface area contributed by atoms with Gasteiger partial charge in [0.25, 0.3) is 0 Å². The van der Waals surface area contributed by atoms with Gasteiger partial charge in [0.15, 0.2) is 5.82 Å². The van der Waals surface area contributed by atoms with Crippen molar-refractivity contribution in [2.75, 3.05) is 6.54 Å². The van der Waals surface area contributed by atoms with Crippen molar-refractivity contribution in [1.29, 1.82) is 0 Å². The third kappa shape index (κ3) is 4.01. The summed E-state index contributed by atoms with van der Waals surface area (Å²) >= 11 is 0. The van der Waals surface area contributed by atoms with E-state index in [0.717, 1.165) is 31.2 Å². The number of nitrogens with zero attached hydrogens (tertiary/aromatic N) is 3. The normalized spacial score (nSPS) is 22.9. The van der Waals surface area contributed by atoms with Gasteiger partial charge in [-0.05, 0) is 32.2 Å². The SMILES string of the molecule is CC(C)Cc1noc(CN2CCCCC2C(C)N)n1. The molecule has 5 nitrogen and oxygen atoms in total. The summed E-state index contributed by atoms with van der Waals surface area (Å²) in [4.78, 5) is 6.87. The van der Waals surface area contributed by atoms with E-state index in [2.05, 4.69) is 35.8 Å². The molecule has 0 saturated carbocycles. The van der Waals surface area contributed by atoms with Crippen molar-refractivity contribution < 1.29 is 4.52 Å². The zero-order chi connectivity index (χ0) is 13.8. The quantitative estimate of drug-likeness (QED) is 0.882. The van der Waals surface area contributed by atoms with Gasteiger partial charge in [0.2, 0.25) is 5.89 Å². The molecule has 1 aliphatic rings. The standard InChI is InChI=1S/C14H26N4O/c1-10(2)8-13-16-14(19-17-13)9-18-7-5-4-6-12(18)11(3)15/h10-12H,4-9,15H2,1-3H3. The number of rotatable bonds is 5. The Kier molecular flexibility index (Phi) is 4.93. The van der Waals surface area contributed by atoms with Crippen LogP contribution in [0.2, 0.25) is 0 Å². The molecular formula is C14H26N4O. The number of aromatic nitrogens is 2. The fourth-order valence-electron chi connectivity index (χ4n) is 2.78. The highest BCUT2D eigenvalue weighted by Crippen LogP contribution is 2.21. The van der Waals surface area contributed by atoms with Crippen molar-refractivity contribution in [3.8, 4) is 0 Å². The Bertz CT molecular complexity index is 389. The second-order valence-corrected chi connectivity index (χ2v) is 6.10. The average Bonchev–Trinajstić information content (AvgIpc) is 2.76. The van der Waals surface area contributed by atoms with E-state index in [4.69, 9.17) is 10.3 Å². The summed E-state index contributed by atoms with van der Waals surface area (Å²) in [6.45, 7) is 8.21. The van der Waals surface area contributed by atoms with Gasteiger partial charge in [-0.25, -0.2) is 0 Å². The molecule has 1 aromatic rings. The molecule has 108 valence electrons. The van der Waals surface area contributed by atoms with Crippen LogP contribution in [0.4, 0.5) is 0 Å². The van der Waals surface area contributed by atoms with Gasteiger partial charge < -0.3 is 10.3 Å². The Morgan fingerprint density at radius 1 is 1.37 bits per heavy atom. The van der Waals surface area contributed by atoms with Crippen molar-refractivity contribution in [2.45, 2.75) is 65.1 Å². The number of hydrogen-bond donors (Lipinski definition) is 1. The van der Waals surface area contributed by atoms with Crippen molar-refractivity contribution in [3.63, 3.8) is 0 Å². The predicted molar refractivity (Wildman–Crippen MR) is 74.5 cm³/mol. The van der Waals surface area contributed by atoms with Gasteiger partial charge in [0, 0.05) is 18.5 Å². The summed E-state index contributed by atoms with van der Waals surface area (Å²) in [5.74, 6) is 2.10. The Labute approximate surface area is 115 Å². The fourth-order valence-corrected chi connectivity index (χ4v) is 2.78. The second kappa shape index (κ2) is 6.48. The zero-order valence-electron chi connectivity index (χ0n) is 12.3. The maximum atomic E-state index is 6.07. The molecule has 1 fully saturated rings. The Morgan fingerprint density at radius 2 is 2.16 bits per heavy atom. The van der Waals surface area contributed by atoms with E-state index in [0.29, 0.717) is 12.0 Å². The molecule has 0 amide bonds. The zero-order valence-corrected chi connectivity index (χ0v) is 12.3. The molecule has 2 heterocycles. The molecule has 5 heteroatoms. The first-order valence-corrected chi connectivity index (χ1v) is 7.37. The van der Waals surface area contributed by atoms with Crippen LogP contribution in [0.25, 0.3) is 0 Å². The largest absolute Gasteiger partial charge is 0.338 e. The number of piperidine rings is 1. The van der Waals surface area contributed by atoms with Crippen LogP contribution in [0.1, 0.15) is 51.7 Å². The van der Waals surface area contributed by atoms with Gasteiger partial charge in [-0.3, -0.25) is 4.90 Å². The van der Waals surface area contributed by atoms with Gasteiger partial charge in [-0.1, -0.05) is 25.4 Å². The smallest absolute Gasteiger partial charge is 0.240 e. The van der Waals surface area contributed by atoms with E-state index in [-0.39, 0.29) is 6.04 Å². The molecule has 1 aromatic heterocycles. The third-order valence-corrected chi connectivity index (χ3v) is 3.71. The number of likely N-dealkylation sites (tertiary alicyclic amines) is 1. The average molecular weight is 266 g/mol. The molecule has 2 N–H and O–H groups in total. The number of nitrogens with two attached hydrogens (primary N) is 1. The summed E-state index contributed by atoms with van der Waals surface area (Å²) in [5, 5.41) is 4.05. The molecular weight excluding hydrogens is 240 g/mol. The number of hydrogen-bond acceptors (Lipinski definition) is 5. The topological polar surface area (TPSA) is 68.2 Å². The molecule has 2 atom stereocenters. The van der Waals surface area contributed by atoms with E-state index < -0.39 is 0 Å². The van der Waals surface area contributed by atoms with Gasteiger partial charge in [0.1, 0.15) is 0 Å². The van der Waals surface area contributed by atoms with E-state index in [1.165, 1.54) is 19.3 Å². The lowest BCUT2D eigenvalue weighted by Crippen LogP contribution is -2.48. The lowest BCUT2D eigenvalue weighted by atomic mass is 9.97. The van der Waals surface area contributed by atoms with Crippen molar-refractivity contribution in [1.82, 2.24) is 15.0 Å². The molecule has 1 aliphatic heterocycles. The van der Waals surface area contributed by atoms with E-state index >= 15 is 0 Å². The van der Waals surface area contributed by atoms with Crippen LogP contribution in [0.3, 0.4) is 0 Å². The van der Waals surface area contributed by atoms with Crippen molar-refractivity contribution in [2.24, 2.45) is 11.7 Å². The van der Waals surface area contributed by atoms with Crippen molar-refractivity contribution >= 4 is 0 Å². The summed E-state index contributed by atoms with van der Waals surface area (Å²) < 4.78 is 5.35. The second-order valence-electron chi connectivity index (χ2n) is 6.10. The first kappa shape index (κ1) is 14.5. The minimum atomic E-state index is 0.193. The maximum absolute atomic E-state index is 6.07. The maximum Gasteiger partial charge on any atom is 0.240 e. The summed E-state index contributed by atoms with van der Waals surface area (Å²) in [7, 11) is 0. The molecule has 0 aromatic carbocycles. The molecule has 0 radical (unpaired) electrons. The minimum absolute atomic E-state index is 0.193. The first-order chi connectivity index (χ1) is 9.06. The molecule has 2 rings (SSSR count). The van der Waals surface area contributed by atoms with E-state index in [1.807, 2.05) is 0 Å². The predicted octanol–water partition coefficient (Wildman–Crippen LogP) is 1.97. The monoisotopic (exact) mass is 266 g/mol. The van der Waals surface area contributed by atoms with Crippen LogP contribution >= 0.6 is 0 Å². The third-order valence-electron chi connectivity index (χ3n) is 3.71. The summed E-state index contributed by atoms with van der Waals surface area (Å²) in [6, 6.07) is 0.632. The van der Waals surface area contributed by atoms with Gasteiger partial charge in [0.05, 0.1) is 6.54 Å². The highest BCUT2D eigenvalue weighted by Gasteiger charge is 2.26. The van der Waals surface area contributed by atoms with Crippen LogP contribution < -0.4 is 5.73 Å². The Hall–Kier alpha value is -0.940. The Morgan fingerprint density at radius 3 is 2.84 bits per heavy atom. The summed E-state index contributed by atoms with van der Waals surface area (Å²) in [6.07, 6.45) is 4.55. The van der Waals surface area contributed by atoms with Crippen LogP contribution in [-0.2, 0) is 13.0 Å². The summed E-state index contributed by atoms with van der Waals surface area (Å²) in [5.41, 5.74) is 6.07. The van der Waals surface area contributed by atoms with Gasteiger partial charge >= 0.3 is 0 Å². The molecule has 19 heavy (non-hydrogen) atoms. The highest BCUT2D eigenvalue weighted by molar-refractivity contribution is 4.90. The Balaban J connectivity index is 1.96. The van der Waals surface area contributed by atoms with Crippen molar-refractivity contribution in [3.05, 3.63) is 11.7 Å². The molecule has 0 aliphatic carbocycles. The van der Waals surface area contributed by atoms with Gasteiger partial charge in [-0.15, -0.1) is 0 Å². The first-order valence-electron chi connectivity index (χ1n) is 7.37. The van der Waals surface area contributed by atoms with Crippen LogP contribution in [0.15, 0.2) is 4.52 Å². The van der Waals surface area contributed by atoms with Crippen LogP contribution in [0.5, 0.6) is 0 Å².